The molecule has 5 rings (SSSR count). The number of aromatic nitrogens is 1. The van der Waals surface area contributed by atoms with E-state index >= 15 is 0 Å². The summed E-state index contributed by atoms with van der Waals surface area (Å²) in [6, 6.07) is 16.2. The van der Waals surface area contributed by atoms with E-state index < -0.39 is 10.0 Å². The Morgan fingerprint density at radius 3 is 2.19 bits per heavy atom. The lowest BCUT2D eigenvalue weighted by atomic mass is 10.2. The highest BCUT2D eigenvalue weighted by molar-refractivity contribution is 7.92. The molecule has 13 heteroatoms. The summed E-state index contributed by atoms with van der Waals surface area (Å²) in [5, 5.41) is 3.89. The van der Waals surface area contributed by atoms with E-state index in [0.29, 0.717) is 23.5 Å². The molecule has 1 aromatic heterocycles. The molecule has 1 fully saturated rings. The van der Waals surface area contributed by atoms with Crippen LogP contribution >= 0.6 is 11.3 Å². The predicted octanol–water partition coefficient (Wildman–Crippen LogP) is 3.67. The highest BCUT2D eigenvalue weighted by atomic mass is 32.2. The Hall–Kier alpha value is -4.07. The monoisotopic (exact) mass is 611 g/mol. The third-order valence-corrected chi connectivity index (χ3v) is 9.55. The lowest BCUT2D eigenvalue weighted by Crippen LogP contribution is -2.48. The fraction of sp³-hybridized carbons (Fsp3) is 0.310. The molecule has 0 atom stereocenters. The van der Waals surface area contributed by atoms with Crippen LogP contribution in [-0.4, -0.2) is 84.8 Å². The summed E-state index contributed by atoms with van der Waals surface area (Å²) < 4.78 is 44.9. The molecule has 0 bridgehead atoms. The molecule has 0 aliphatic carbocycles. The van der Waals surface area contributed by atoms with Gasteiger partial charge in [-0.3, -0.25) is 14.4 Å². The molecule has 1 aliphatic rings. The van der Waals surface area contributed by atoms with Crippen molar-refractivity contribution in [2.24, 2.45) is 0 Å². The molecular weight excluding hydrogens is 578 g/mol. The van der Waals surface area contributed by atoms with Crippen molar-refractivity contribution in [3.63, 3.8) is 0 Å². The number of thiazole rings is 1. The maximum Gasteiger partial charge on any atom is 0.261 e. The number of amides is 1. The smallest absolute Gasteiger partial charge is 0.261 e. The molecule has 1 aliphatic heterocycles. The molecule has 4 aromatic rings. The number of carbonyl (C=O) groups excluding carboxylic acids is 1. The SMILES string of the molecule is COc1ccc(S(=O)(=O)Nc2ccc(C(=O)NCCN3CCN(c4nc5c(OC)ccc(OC)c5s4)CC3)cc2)cc1. The van der Waals surface area contributed by atoms with Crippen molar-refractivity contribution in [2.45, 2.75) is 4.90 Å². The van der Waals surface area contributed by atoms with Crippen molar-refractivity contribution in [1.82, 2.24) is 15.2 Å². The Bertz CT molecular complexity index is 1590. The second-order valence-corrected chi connectivity index (χ2v) is 12.2. The summed E-state index contributed by atoms with van der Waals surface area (Å²) in [5.74, 6) is 1.87. The molecule has 222 valence electrons. The molecule has 0 spiro atoms. The topological polar surface area (TPSA) is 122 Å². The van der Waals surface area contributed by atoms with Gasteiger partial charge in [-0.25, -0.2) is 13.4 Å². The summed E-state index contributed by atoms with van der Waals surface area (Å²) in [6.45, 7) is 4.58. The third kappa shape index (κ3) is 6.53. The highest BCUT2D eigenvalue weighted by Crippen LogP contribution is 2.40. The maximum atomic E-state index is 12.7. The number of hydrogen-bond donors (Lipinski definition) is 2. The van der Waals surface area contributed by atoms with Crippen LogP contribution in [0.2, 0.25) is 0 Å². The number of rotatable bonds is 11. The largest absolute Gasteiger partial charge is 0.497 e. The number of piperazine rings is 1. The average Bonchev–Trinajstić information content (AvgIpc) is 3.47. The second-order valence-electron chi connectivity index (χ2n) is 9.59. The fourth-order valence-corrected chi connectivity index (χ4v) is 6.85. The summed E-state index contributed by atoms with van der Waals surface area (Å²) in [4.78, 5) is 22.2. The number of anilines is 2. The molecule has 2 N–H and O–H groups in total. The molecule has 0 unspecified atom stereocenters. The Morgan fingerprint density at radius 1 is 0.881 bits per heavy atom. The van der Waals surface area contributed by atoms with Gasteiger partial charge in [-0.1, -0.05) is 11.3 Å². The minimum atomic E-state index is -3.76. The number of nitrogens with zero attached hydrogens (tertiary/aromatic N) is 3. The van der Waals surface area contributed by atoms with Gasteiger partial charge in [0.15, 0.2) is 5.13 Å². The van der Waals surface area contributed by atoms with Crippen molar-refractivity contribution in [2.75, 3.05) is 70.2 Å². The van der Waals surface area contributed by atoms with Crippen LogP contribution in [0.15, 0.2) is 65.6 Å². The first-order valence-corrected chi connectivity index (χ1v) is 15.6. The summed E-state index contributed by atoms with van der Waals surface area (Å²) in [6.07, 6.45) is 0. The Balaban J connectivity index is 1.09. The number of sulfonamides is 1. The van der Waals surface area contributed by atoms with E-state index in [1.807, 2.05) is 12.1 Å². The number of ether oxygens (including phenoxy) is 3. The van der Waals surface area contributed by atoms with E-state index in [1.165, 1.54) is 19.2 Å². The van der Waals surface area contributed by atoms with Gasteiger partial charge in [0.25, 0.3) is 15.9 Å². The van der Waals surface area contributed by atoms with Gasteiger partial charge in [0.1, 0.15) is 27.5 Å². The number of benzene rings is 3. The van der Waals surface area contributed by atoms with E-state index in [4.69, 9.17) is 19.2 Å². The molecule has 3 aromatic carbocycles. The lowest BCUT2D eigenvalue weighted by molar-refractivity contribution is 0.0948. The third-order valence-electron chi connectivity index (χ3n) is 7.02. The molecular formula is C29H33N5O6S2. The quantitative estimate of drug-likeness (QED) is 0.262. The van der Waals surface area contributed by atoms with Gasteiger partial charge in [0, 0.05) is 50.5 Å². The number of fused-ring (bicyclic) bond motifs is 1. The number of nitrogens with one attached hydrogen (secondary N) is 2. The number of methoxy groups -OCH3 is 3. The summed E-state index contributed by atoms with van der Waals surface area (Å²) in [7, 11) is 1.05. The van der Waals surface area contributed by atoms with Gasteiger partial charge in [-0.05, 0) is 60.7 Å². The molecule has 42 heavy (non-hydrogen) atoms. The van der Waals surface area contributed by atoms with Gasteiger partial charge in [-0.2, -0.15) is 0 Å². The van der Waals surface area contributed by atoms with Crippen molar-refractivity contribution in [1.29, 1.82) is 0 Å². The second kappa shape index (κ2) is 12.8. The van der Waals surface area contributed by atoms with Gasteiger partial charge < -0.3 is 24.4 Å². The summed E-state index contributed by atoms with van der Waals surface area (Å²) >= 11 is 1.60. The molecule has 1 saturated heterocycles. The first kappa shape index (κ1) is 29.4. The van der Waals surface area contributed by atoms with Gasteiger partial charge in [-0.15, -0.1) is 0 Å². The van der Waals surface area contributed by atoms with Gasteiger partial charge in [0.2, 0.25) is 0 Å². The highest BCUT2D eigenvalue weighted by Gasteiger charge is 2.22. The van der Waals surface area contributed by atoms with Crippen molar-refractivity contribution < 1.29 is 27.4 Å². The molecule has 0 radical (unpaired) electrons. The van der Waals surface area contributed by atoms with Crippen LogP contribution < -0.4 is 29.1 Å². The van der Waals surface area contributed by atoms with Gasteiger partial charge in [0.05, 0.1) is 26.2 Å². The fourth-order valence-electron chi connectivity index (χ4n) is 4.66. The van der Waals surface area contributed by atoms with E-state index in [9.17, 15) is 13.2 Å². The standard InChI is InChI=1S/C29H33N5O6S2/c1-38-22-8-10-23(11-9-22)42(36,37)32-21-6-4-20(5-7-21)28(35)30-14-15-33-16-18-34(19-17-33)29-31-26-24(39-2)12-13-25(40-3)27(26)41-29/h4-13,32H,14-19H2,1-3H3,(H,30,35). The average molecular weight is 612 g/mol. The number of hydrogen-bond acceptors (Lipinski definition) is 10. The molecule has 0 saturated carbocycles. The normalized spacial score (nSPS) is 14.0. The van der Waals surface area contributed by atoms with Crippen LogP contribution in [0.4, 0.5) is 10.8 Å². The van der Waals surface area contributed by atoms with Crippen molar-refractivity contribution in [3.8, 4) is 17.2 Å². The zero-order chi connectivity index (χ0) is 29.7. The van der Waals surface area contributed by atoms with E-state index in [1.54, 1.807) is 62.0 Å². The molecule has 11 nitrogen and oxygen atoms in total. The van der Waals surface area contributed by atoms with Crippen molar-refractivity contribution in [3.05, 3.63) is 66.2 Å². The summed E-state index contributed by atoms with van der Waals surface area (Å²) in [5.41, 5.74) is 1.63. The molecule has 1 amide bonds. The van der Waals surface area contributed by atoms with Crippen LogP contribution in [-0.2, 0) is 10.0 Å². The van der Waals surface area contributed by atoms with Crippen LogP contribution in [0.3, 0.4) is 0 Å². The number of carbonyl (C=O) groups is 1. The lowest BCUT2D eigenvalue weighted by Gasteiger charge is -2.34. The Morgan fingerprint density at radius 2 is 1.55 bits per heavy atom. The van der Waals surface area contributed by atoms with Crippen LogP contribution in [0, 0.1) is 0 Å². The molecule has 2 heterocycles. The minimum Gasteiger partial charge on any atom is -0.497 e. The van der Waals surface area contributed by atoms with Crippen molar-refractivity contribution >= 4 is 48.3 Å². The zero-order valence-electron chi connectivity index (χ0n) is 23.6. The van der Waals surface area contributed by atoms with E-state index in [2.05, 4.69) is 19.8 Å². The predicted molar refractivity (Wildman–Crippen MR) is 164 cm³/mol. The maximum absolute atomic E-state index is 12.7. The zero-order valence-corrected chi connectivity index (χ0v) is 25.3. The van der Waals surface area contributed by atoms with Gasteiger partial charge >= 0.3 is 0 Å². The Kier molecular flexibility index (Phi) is 9.00. The Labute approximate surface area is 249 Å². The van der Waals surface area contributed by atoms with Crippen LogP contribution in [0.25, 0.3) is 10.2 Å². The first-order chi connectivity index (χ1) is 20.3. The van der Waals surface area contributed by atoms with E-state index in [-0.39, 0.29) is 10.8 Å². The minimum absolute atomic E-state index is 0.117. The van der Waals surface area contributed by atoms with Crippen LogP contribution in [0.5, 0.6) is 17.2 Å². The first-order valence-electron chi connectivity index (χ1n) is 13.4. The van der Waals surface area contributed by atoms with E-state index in [0.717, 1.165) is 59.6 Å². The van der Waals surface area contributed by atoms with Crippen LogP contribution in [0.1, 0.15) is 10.4 Å².